The molecule has 4 heteroatoms. The molecule has 0 unspecified atom stereocenters. The number of benzene rings is 1. The van der Waals surface area contributed by atoms with Crippen molar-refractivity contribution in [2.45, 2.75) is 0 Å². The van der Waals surface area contributed by atoms with E-state index in [2.05, 4.69) is 15.9 Å². The lowest BCUT2D eigenvalue weighted by molar-refractivity contribution is -0.130. The Balaban J connectivity index is 2.50. The first-order chi connectivity index (χ1) is 6.59. The second kappa shape index (κ2) is 5.00. The van der Waals surface area contributed by atoms with Crippen LogP contribution in [0, 0.1) is 0 Å². The quantitative estimate of drug-likeness (QED) is 0.828. The predicted octanol–water partition coefficient (Wildman–Crippen LogP) is 1.92. The van der Waals surface area contributed by atoms with Gasteiger partial charge in [0.15, 0.2) is 6.61 Å². The molecule has 0 N–H and O–H groups in total. The second-order valence-corrected chi connectivity index (χ2v) is 3.95. The van der Waals surface area contributed by atoms with E-state index in [0.29, 0.717) is 5.75 Å². The SMILES string of the molecule is CN(C)C(=O)COc1cccc(Br)c1. The Morgan fingerprint density at radius 2 is 2.21 bits per heavy atom. The zero-order valence-electron chi connectivity index (χ0n) is 8.16. The fraction of sp³-hybridized carbons (Fsp3) is 0.300. The maximum Gasteiger partial charge on any atom is 0.259 e. The number of amides is 1. The fourth-order valence-electron chi connectivity index (χ4n) is 0.831. The maximum atomic E-state index is 11.2. The molecule has 0 bridgehead atoms. The summed E-state index contributed by atoms with van der Waals surface area (Å²) in [4.78, 5) is 12.7. The molecule has 0 spiro atoms. The van der Waals surface area contributed by atoms with Crippen LogP contribution in [0.4, 0.5) is 0 Å². The highest BCUT2D eigenvalue weighted by Gasteiger charge is 2.04. The molecule has 0 aliphatic heterocycles. The normalized spacial score (nSPS) is 9.64. The van der Waals surface area contributed by atoms with E-state index in [0.717, 1.165) is 4.47 Å². The maximum absolute atomic E-state index is 11.2. The zero-order valence-corrected chi connectivity index (χ0v) is 9.74. The molecule has 1 aromatic rings. The van der Waals surface area contributed by atoms with Gasteiger partial charge in [0.05, 0.1) is 0 Å². The van der Waals surface area contributed by atoms with E-state index in [-0.39, 0.29) is 12.5 Å². The van der Waals surface area contributed by atoms with Crippen LogP contribution in [-0.2, 0) is 4.79 Å². The lowest BCUT2D eigenvalue weighted by Gasteiger charge is -2.11. The Kier molecular flexibility index (Phi) is 3.95. The molecular formula is C10H12BrNO2. The molecule has 0 aromatic heterocycles. The van der Waals surface area contributed by atoms with Gasteiger partial charge in [-0.2, -0.15) is 0 Å². The molecule has 3 nitrogen and oxygen atoms in total. The molecule has 0 aliphatic carbocycles. The van der Waals surface area contributed by atoms with E-state index < -0.39 is 0 Å². The first kappa shape index (κ1) is 11.0. The molecule has 14 heavy (non-hydrogen) atoms. The van der Waals surface area contributed by atoms with E-state index in [1.807, 2.05) is 24.3 Å². The molecule has 0 radical (unpaired) electrons. The van der Waals surface area contributed by atoms with Gasteiger partial charge in [-0.25, -0.2) is 0 Å². The third-order valence-corrected chi connectivity index (χ3v) is 2.15. The molecule has 1 aromatic carbocycles. The highest BCUT2D eigenvalue weighted by atomic mass is 79.9. The standard InChI is InChI=1S/C10H12BrNO2/c1-12(2)10(13)7-14-9-5-3-4-8(11)6-9/h3-6H,7H2,1-2H3. The predicted molar refractivity (Wildman–Crippen MR) is 58.3 cm³/mol. The molecule has 0 saturated heterocycles. The lowest BCUT2D eigenvalue weighted by Crippen LogP contribution is -2.27. The molecule has 0 heterocycles. The van der Waals surface area contributed by atoms with Gasteiger partial charge in [-0.05, 0) is 18.2 Å². The summed E-state index contributed by atoms with van der Waals surface area (Å²) in [7, 11) is 3.40. The van der Waals surface area contributed by atoms with Crippen molar-refractivity contribution >= 4 is 21.8 Å². The summed E-state index contributed by atoms with van der Waals surface area (Å²) in [5.41, 5.74) is 0. The van der Waals surface area contributed by atoms with E-state index in [9.17, 15) is 4.79 Å². The zero-order chi connectivity index (χ0) is 10.6. The number of nitrogens with zero attached hydrogens (tertiary/aromatic N) is 1. The Morgan fingerprint density at radius 3 is 2.79 bits per heavy atom. The van der Waals surface area contributed by atoms with Crippen molar-refractivity contribution in [1.82, 2.24) is 4.90 Å². The Hall–Kier alpha value is -1.03. The molecular weight excluding hydrogens is 246 g/mol. The van der Waals surface area contributed by atoms with Gasteiger partial charge in [0.1, 0.15) is 5.75 Å². The van der Waals surface area contributed by atoms with Gasteiger partial charge in [0, 0.05) is 18.6 Å². The Morgan fingerprint density at radius 1 is 1.50 bits per heavy atom. The minimum Gasteiger partial charge on any atom is -0.484 e. The van der Waals surface area contributed by atoms with Crippen LogP contribution in [0.15, 0.2) is 28.7 Å². The number of hydrogen-bond acceptors (Lipinski definition) is 2. The molecule has 76 valence electrons. The molecule has 1 rings (SSSR count). The van der Waals surface area contributed by atoms with Crippen LogP contribution >= 0.6 is 15.9 Å². The number of carbonyl (C=O) groups excluding carboxylic acids is 1. The number of carbonyl (C=O) groups is 1. The topological polar surface area (TPSA) is 29.5 Å². The first-order valence-corrected chi connectivity index (χ1v) is 4.97. The number of likely N-dealkylation sites (N-methyl/N-ethyl adjacent to an activating group) is 1. The second-order valence-electron chi connectivity index (χ2n) is 3.03. The van der Waals surface area contributed by atoms with Gasteiger partial charge in [0.2, 0.25) is 0 Å². The Labute approximate surface area is 91.8 Å². The largest absolute Gasteiger partial charge is 0.484 e. The van der Waals surface area contributed by atoms with E-state index in [1.165, 1.54) is 4.90 Å². The summed E-state index contributed by atoms with van der Waals surface area (Å²) >= 11 is 3.32. The summed E-state index contributed by atoms with van der Waals surface area (Å²) < 4.78 is 6.23. The van der Waals surface area contributed by atoms with Crippen molar-refractivity contribution in [3.63, 3.8) is 0 Å². The monoisotopic (exact) mass is 257 g/mol. The third-order valence-electron chi connectivity index (χ3n) is 1.66. The molecule has 0 atom stereocenters. The number of hydrogen-bond donors (Lipinski definition) is 0. The summed E-state index contributed by atoms with van der Waals surface area (Å²) in [6.45, 7) is 0.0729. The minimum absolute atomic E-state index is 0.0509. The highest BCUT2D eigenvalue weighted by Crippen LogP contribution is 2.17. The van der Waals surface area contributed by atoms with Crippen molar-refractivity contribution < 1.29 is 9.53 Å². The molecule has 0 fully saturated rings. The third kappa shape index (κ3) is 3.38. The van der Waals surface area contributed by atoms with Gasteiger partial charge in [0.25, 0.3) is 5.91 Å². The van der Waals surface area contributed by atoms with Crippen LogP contribution in [0.3, 0.4) is 0 Å². The van der Waals surface area contributed by atoms with Crippen molar-refractivity contribution in [2.24, 2.45) is 0 Å². The van der Waals surface area contributed by atoms with Crippen molar-refractivity contribution in [2.75, 3.05) is 20.7 Å². The van der Waals surface area contributed by atoms with E-state index in [1.54, 1.807) is 14.1 Å². The number of halogens is 1. The van der Waals surface area contributed by atoms with E-state index in [4.69, 9.17) is 4.74 Å². The van der Waals surface area contributed by atoms with Crippen molar-refractivity contribution in [3.05, 3.63) is 28.7 Å². The van der Waals surface area contributed by atoms with E-state index >= 15 is 0 Å². The van der Waals surface area contributed by atoms with Gasteiger partial charge in [-0.1, -0.05) is 22.0 Å². The summed E-state index contributed by atoms with van der Waals surface area (Å²) in [5, 5.41) is 0. The highest BCUT2D eigenvalue weighted by molar-refractivity contribution is 9.10. The van der Waals surface area contributed by atoms with Gasteiger partial charge < -0.3 is 9.64 Å². The van der Waals surface area contributed by atoms with Crippen molar-refractivity contribution in [1.29, 1.82) is 0 Å². The number of rotatable bonds is 3. The van der Waals surface area contributed by atoms with Crippen LogP contribution in [-0.4, -0.2) is 31.5 Å². The molecule has 0 aliphatic rings. The van der Waals surface area contributed by atoms with Crippen LogP contribution in [0.25, 0.3) is 0 Å². The first-order valence-electron chi connectivity index (χ1n) is 4.18. The molecule has 0 saturated carbocycles. The van der Waals surface area contributed by atoms with Crippen LogP contribution in [0.1, 0.15) is 0 Å². The van der Waals surface area contributed by atoms with Gasteiger partial charge in [-0.15, -0.1) is 0 Å². The average Bonchev–Trinajstić information content (AvgIpc) is 2.14. The fourth-order valence-corrected chi connectivity index (χ4v) is 1.21. The van der Waals surface area contributed by atoms with Gasteiger partial charge >= 0.3 is 0 Å². The van der Waals surface area contributed by atoms with Crippen LogP contribution in [0.2, 0.25) is 0 Å². The average molecular weight is 258 g/mol. The summed E-state index contributed by atoms with van der Waals surface area (Å²) in [6, 6.07) is 7.40. The minimum atomic E-state index is -0.0509. The Bertz CT molecular complexity index is 326. The smallest absolute Gasteiger partial charge is 0.259 e. The molecule has 1 amide bonds. The lowest BCUT2D eigenvalue weighted by atomic mass is 10.3. The number of ether oxygens (including phenoxy) is 1. The summed E-state index contributed by atoms with van der Waals surface area (Å²) in [6.07, 6.45) is 0. The van der Waals surface area contributed by atoms with Crippen LogP contribution in [0.5, 0.6) is 5.75 Å². The van der Waals surface area contributed by atoms with Gasteiger partial charge in [-0.3, -0.25) is 4.79 Å². The van der Waals surface area contributed by atoms with Crippen molar-refractivity contribution in [3.8, 4) is 5.75 Å². The van der Waals surface area contributed by atoms with Crippen LogP contribution < -0.4 is 4.74 Å². The summed E-state index contributed by atoms with van der Waals surface area (Å²) in [5.74, 6) is 0.638.